The van der Waals surface area contributed by atoms with Crippen molar-refractivity contribution in [1.82, 2.24) is 9.97 Å². The van der Waals surface area contributed by atoms with Crippen LogP contribution in [0, 0.1) is 0 Å². The number of alkyl halides is 3. The average molecular weight is 340 g/mol. The number of nitrogens with zero attached hydrogens (tertiary/aromatic N) is 1. The number of H-pyrrole nitrogens is 1. The van der Waals surface area contributed by atoms with Crippen molar-refractivity contribution in [1.29, 1.82) is 0 Å². The molecule has 0 aliphatic heterocycles. The number of rotatable bonds is 1. The lowest BCUT2D eigenvalue weighted by molar-refractivity contribution is -0.136. The van der Waals surface area contributed by atoms with Crippen LogP contribution in [0.1, 0.15) is 5.56 Å². The minimum absolute atomic E-state index is 0.0785. The standard InChI is InChI=1S/C19H11F3N2O/c20-19(21,22)15-10-16(23-18-14(15)8-9-17(25)24-18)13-7-3-5-11-4-1-2-6-12(11)13/h1-10H,(H,23,24,25). The zero-order valence-electron chi connectivity index (χ0n) is 12.8. The van der Waals surface area contributed by atoms with Crippen molar-refractivity contribution in [2.45, 2.75) is 6.18 Å². The Morgan fingerprint density at radius 3 is 2.44 bits per heavy atom. The molecule has 0 radical (unpaired) electrons. The highest BCUT2D eigenvalue weighted by Crippen LogP contribution is 2.37. The van der Waals surface area contributed by atoms with Crippen molar-refractivity contribution in [2.24, 2.45) is 0 Å². The van der Waals surface area contributed by atoms with Gasteiger partial charge in [0, 0.05) is 17.0 Å². The zero-order valence-corrected chi connectivity index (χ0v) is 12.8. The van der Waals surface area contributed by atoms with Gasteiger partial charge in [-0.1, -0.05) is 42.5 Å². The van der Waals surface area contributed by atoms with Gasteiger partial charge in [-0.2, -0.15) is 13.2 Å². The first-order valence-corrected chi connectivity index (χ1v) is 7.53. The first-order chi connectivity index (χ1) is 11.9. The van der Waals surface area contributed by atoms with E-state index < -0.39 is 17.3 Å². The second kappa shape index (κ2) is 5.44. The molecule has 0 bridgehead atoms. The molecule has 0 saturated heterocycles. The molecule has 25 heavy (non-hydrogen) atoms. The molecule has 4 aromatic rings. The Morgan fingerprint density at radius 1 is 0.880 bits per heavy atom. The molecule has 0 amide bonds. The van der Waals surface area contributed by atoms with Gasteiger partial charge in [-0.15, -0.1) is 0 Å². The number of pyridine rings is 2. The summed E-state index contributed by atoms with van der Waals surface area (Å²) in [6.45, 7) is 0. The van der Waals surface area contributed by atoms with Gasteiger partial charge in [-0.25, -0.2) is 4.98 Å². The van der Waals surface area contributed by atoms with Crippen LogP contribution in [0.15, 0.2) is 65.5 Å². The second-order valence-electron chi connectivity index (χ2n) is 5.66. The molecule has 2 aromatic carbocycles. The Kier molecular flexibility index (Phi) is 3.35. The van der Waals surface area contributed by atoms with Gasteiger partial charge in [0.15, 0.2) is 0 Å². The van der Waals surface area contributed by atoms with Gasteiger partial charge < -0.3 is 4.98 Å². The number of halogens is 3. The third-order valence-electron chi connectivity index (χ3n) is 4.07. The van der Waals surface area contributed by atoms with E-state index in [9.17, 15) is 18.0 Å². The van der Waals surface area contributed by atoms with Crippen LogP contribution in [-0.4, -0.2) is 9.97 Å². The van der Waals surface area contributed by atoms with Crippen molar-refractivity contribution in [3.8, 4) is 11.3 Å². The maximum atomic E-state index is 13.5. The molecule has 2 heterocycles. The van der Waals surface area contributed by atoms with E-state index in [-0.39, 0.29) is 16.7 Å². The summed E-state index contributed by atoms with van der Waals surface area (Å²) in [6, 6.07) is 16.0. The third kappa shape index (κ3) is 2.65. The van der Waals surface area contributed by atoms with E-state index in [2.05, 4.69) is 9.97 Å². The fourth-order valence-corrected chi connectivity index (χ4v) is 2.96. The first kappa shape index (κ1) is 15.4. The number of aromatic amines is 1. The van der Waals surface area contributed by atoms with Crippen LogP contribution < -0.4 is 5.56 Å². The molecular formula is C19H11F3N2O. The topological polar surface area (TPSA) is 45.8 Å². The summed E-state index contributed by atoms with van der Waals surface area (Å²) in [6.07, 6.45) is -4.56. The number of nitrogens with one attached hydrogen (secondary N) is 1. The molecule has 0 atom stereocenters. The molecule has 4 rings (SSSR count). The van der Waals surface area contributed by atoms with Crippen LogP contribution >= 0.6 is 0 Å². The Bertz CT molecular complexity index is 1160. The smallest absolute Gasteiger partial charge is 0.307 e. The SMILES string of the molecule is O=c1ccc2c(C(F)(F)F)cc(-c3cccc4ccccc34)nc2[nH]1. The van der Waals surface area contributed by atoms with E-state index in [4.69, 9.17) is 0 Å². The minimum atomic E-state index is -4.56. The molecular weight excluding hydrogens is 329 g/mol. The molecule has 124 valence electrons. The van der Waals surface area contributed by atoms with Gasteiger partial charge in [0.2, 0.25) is 5.56 Å². The predicted octanol–water partition coefficient (Wildman–Crippen LogP) is 4.76. The Labute approximate surface area is 139 Å². The largest absolute Gasteiger partial charge is 0.417 e. The molecule has 2 aromatic heterocycles. The van der Waals surface area contributed by atoms with Crippen LogP contribution in [0.2, 0.25) is 0 Å². The normalized spacial score (nSPS) is 12.0. The summed E-state index contributed by atoms with van der Waals surface area (Å²) >= 11 is 0. The predicted molar refractivity (Wildman–Crippen MR) is 90.3 cm³/mol. The Hall–Kier alpha value is -3.15. The summed E-state index contributed by atoms with van der Waals surface area (Å²) < 4.78 is 40.5. The lowest BCUT2D eigenvalue weighted by atomic mass is 10.00. The Balaban J connectivity index is 2.10. The van der Waals surface area contributed by atoms with Crippen LogP contribution in [0.4, 0.5) is 13.2 Å². The van der Waals surface area contributed by atoms with Crippen molar-refractivity contribution in [3.05, 3.63) is 76.6 Å². The average Bonchev–Trinajstić information content (AvgIpc) is 2.59. The van der Waals surface area contributed by atoms with E-state index in [0.717, 1.165) is 29.0 Å². The monoisotopic (exact) mass is 340 g/mol. The molecule has 6 heteroatoms. The molecule has 0 saturated carbocycles. The van der Waals surface area contributed by atoms with Crippen molar-refractivity contribution in [3.63, 3.8) is 0 Å². The van der Waals surface area contributed by atoms with Gasteiger partial charge in [-0.05, 0) is 22.9 Å². The minimum Gasteiger partial charge on any atom is -0.307 e. The summed E-state index contributed by atoms with van der Waals surface area (Å²) in [5, 5.41) is 1.57. The van der Waals surface area contributed by atoms with Crippen molar-refractivity contribution >= 4 is 21.8 Å². The number of aromatic nitrogens is 2. The van der Waals surface area contributed by atoms with E-state index in [1.165, 1.54) is 0 Å². The maximum absolute atomic E-state index is 13.5. The fourth-order valence-electron chi connectivity index (χ4n) is 2.96. The number of hydrogen-bond donors (Lipinski definition) is 1. The molecule has 0 unspecified atom stereocenters. The van der Waals surface area contributed by atoms with E-state index in [0.29, 0.717) is 5.56 Å². The zero-order chi connectivity index (χ0) is 17.6. The number of hydrogen-bond acceptors (Lipinski definition) is 2. The van der Waals surface area contributed by atoms with Gasteiger partial charge in [-0.3, -0.25) is 4.79 Å². The van der Waals surface area contributed by atoms with Crippen LogP contribution in [-0.2, 0) is 6.18 Å². The maximum Gasteiger partial charge on any atom is 0.417 e. The Morgan fingerprint density at radius 2 is 1.64 bits per heavy atom. The van der Waals surface area contributed by atoms with Gasteiger partial charge in [0.25, 0.3) is 0 Å². The highest BCUT2D eigenvalue weighted by Gasteiger charge is 2.33. The highest BCUT2D eigenvalue weighted by molar-refractivity contribution is 5.97. The second-order valence-corrected chi connectivity index (χ2v) is 5.66. The molecule has 3 nitrogen and oxygen atoms in total. The number of benzene rings is 2. The van der Waals surface area contributed by atoms with Gasteiger partial charge in [0.1, 0.15) is 5.65 Å². The summed E-state index contributed by atoms with van der Waals surface area (Å²) in [5.74, 6) is 0. The number of fused-ring (bicyclic) bond motifs is 2. The molecule has 1 N–H and O–H groups in total. The van der Waals surface area contributed by atoms with Crippen LogP contribution in [0.5, 0.6) is 0 Å². The highest BCUT2D eigenvalue weighted by atomic mass is 19.4. The quantitative estimate of drug-likeness (QED) is 0.543. The summed E-state index contributed by atoms with van der Waals surface area (Å²) in [4.78, 5) is 18.2. The molecule has 0 spiro atoms. The van der Waals surface area contributed by atoms with E-state index in [1.54, 1.807) is 12.1 Å². The van der Waals surface area contributed by atoms with Crippen molar-refractivity contribution in [2.75, 3.05) is 0 Å². The van der Waals surface area contributed by atoms with Crippen LogP contribution in [0.25, 0.3) is 33.1 Å². The lowest BCUT2D eigenvalue weighted by Crippen LogP contribution is -2.11. The molecule has 0 aliphatic carbocycles. The van der Waals surface area contributed by atoms with Gasteiger partial charge >= 0.3 is 6.18 Å². The van der Waals surface area contributed by atoms with Crippen LogP contribution in [0.3, 0.4) is 0 Å². The lowest BCUT2D eigenvalue weighted by Gasteiger charge is -2.13. The molecule has 0 aliphatic rings. The van der Waals surface area contributed by atoms with Crippen molar-refractivity contribution < 1.29 is 13.2 Å². The van der Waals surface area contributed by atoms with Gasteiger partial charge in [0.05, 0.1) is 11.3 Å². The summed E-state index contributed by atoms with van der Waals surface area (Å²) in [7, 11) is 0. The van der Waals surface area contributed by atoms with E-state index in [1.807, 2.05) is 30.3 Å². The third-order valence-corrected chi connectivity index (χ3v) is 4.07. The van der Waals surface area contributed by atoms with E-state index >= 15 is 0 Å². The first-order valence-electron chi connectivity index (χ1n) is 7.53. The molecule has 0 fully saturated rings. The summed E-state index contributed by atoms with van der Waals surface area (Å²) in [5.41, 5.74) is -0.654. The fraction of sp³-hybridized carbons (Fsp3) is 0.0526.